The molecule has 21 heavy (non-hydrogen) atoms. The summed E-state index contributed by atoms with van der Waals surface area (Å²) in [4.78, 5) is 0.194. The third-order valence-electron chi connectivity index (χ3n) is 3.25. The summed E-state index contributed by atoms with van der Waals surface area (Å²) < 4.78 is 32.7. The highest BCUT2D eigenvalue weighted by molar-refractivity contribution is 7.89. The topological polar surface area (TPSA) is 67.4 Å². The number of fused-ring (bicyclic) bond motifs is 1. The second kappa shape index (κ2) is 6.96. The number of halogens is 1. The fourth-order valence-electron chi connectivity index (χ4n) is 2.27. The molecule has 2 rings (SSSR count). The molecular formula is C14H21ClN2O3S. The number of hydrogen-bond donors (Lipinski definition) is 2. The molecule has 1 aliphatic rings. The van der Waals surface area contributed by atoms with Crippen LogP contribution in [0.25, 0.3) is 0 Å². The van der Waals surface area contributed by atoms with Gasteiger partial charge in [-0.2, -0.15) is 0 Å². The van der Waals surface area contributed by atoms with Gasteiger partial charge in [0.25, 0.3) is 0 Å². The number of ether oxygens (including phenoxy) is 1. The van der Waals surface area contributed by atoms with Gasteiger partial charge >= 0.3 is 0 Å². The predicted molar refractivity (Wildman–Crippen MR) is 83.6 cm³/mol. The van der Waals surface area contributed by atoms with Gasteiger partial charge in [0.1, 0.15) is 11.9 Å². The number of hydrogen-bond acceptors (Lipinski definition) is 4. The van der Waals surface area contributed by atoms with Crippen molar-refractivity contribution in [2.45, 2.75) is 37.7 Å². The lowest BCUT2D eigenvalue weighted by molar-refractivity contribution is 0.255. The Bertz CT molecular complexity index is 604. The summed E-state index contributed by atoms with van der Waals surface area (Å²) in [7, 11) is -3.54. The Hall–Kier alpha value is -0.820. The Morgan fingerprint density at radius 1 is 1.33 bits per heavy atom. The minimum absolute atomic E-state index is 0.0293. The van der Waals surface area contributed by atoms with Gasteiger partial charge in [0.15, 0.2) is 0 Å². The minimum Gasteiger partial charge on any atom is -0.489 e. The first-order valence-electron chi connectivity index (χ1n) is 7.13. The van der Waals surface area contributed by atoms with Crippen LogP contribution in [0.3, 0.4) is 0 Å². The first-order valence-corrected chi connectivity index (χ1v) is 8.99. The molecule has 0 aliphatic carbocycles. The highest BCUT2D eigenvalue weighted by Crippen LogP contribution is 2.37. The second-order valence-electron chi connectivity index (χ2n) is 5.17. The summed E-state index contributed by atoms with van der Waals surface area (Å²) in [6.07, 6.45) is 1.73. The molecular weight excluding hydrogens is 312 g/mol. The van der Waals surface area contributed by atoms with Crippen molar-refractivity contribution >= 4 is 21.6 Å². The number of benzene rings is 1. The van der Waals surface area contributed by atoms with Crippen molar-refractivity contribution in [3.05, 3.63) is 22.7 Å². The molecule has 1 aliphatic heterocycles. The zero-order chi connectivity index (χ0) is 15.5. The van der Waals surface area contributed by atoms with Crippen molar-refractivity contribution in [1.82, 2.24) is 10.0 Å². The van der Waals surface area contributed by atoms with Crippen molar-refractivity contribution in [3.8, 4) is 5.75 Å². The van der Waals surface area contributed by atoms with Crippen LogP contribution in [0, 0.1) is 0 Å². The van der Waals surface area contributed by atoms with Crippen LogP contribution in [0.1, 0.15) is 25.8 Å². The van der Waals surface area contributed by atoms with E-state index in [1.807, 2.05) is 6.92 Å². The lowest BCUT2D eigenvalue weighted by Crippen LogP contribution is -2.32. The maximum atomic E-state index is 12.3. The van der Waals surface area contributed by atoms with Gasteiger partial charge in [-0.05, 0) is 32.0 Å². The van der Waals surface area contributed by atoms with E-state index >= 15 is 0 Å². The molecule has 1 heterocycles. The Morgan fingerprint density at radius 2 is 2.10 bits per heavy atom. The van der Waals surface area contributed by atoms with Gasteiger partial charge in [0.2, 0.25) is 10.0 Å². The van der Waals surface area contributed by atoms with E-state index < -0.39 is 10.0 Å². The molecule has 0 radical (unpaired) electrons. The van der Waals surface area contributed by atoms with Gasteiger partial charge in [-0.3, -0.25) is 0 Å². The van der Waals surface area contributed by atoms with E-state index in [4.69, 9.17) is 16.3 Å². The minimum atomic E-state index is -3.54. The van der Waals surface area contributed by atoms with E-state index in [1.54, 1.807) is 6.07 Å². The monoisotopic (exact) mass is 332 g/mol. The molecule has 0 saturated carbocycles. The van der Waals surface area contributed by atoms with Gasteiger partial charge in [-0.1, -0.05) is 18.5 Å². The second-order valence-corrected chi connectivity index (χ2v) is 7.35. The molecule has 1 unspecified atom stereocenters. The van der Waals surface area contributed by atoms with Crippen LogP contribution in [0.4, 0.5) is 0 Å². The maximum Gasteiger partial charge on any atom is 0.240 e. The molecule has 0 bridgehead atoms. The number of sulfonamides is 1. The average molecular weight is 333 g/mol. The highest BCUT2D eigenvalue weighted by atomic mass is 35.5. The molecule has 7 heteroatoms. The Kier molecular flexibility index (Phi) is 5.48. The van der Waals surface area contributed by atoms with Gasteiger partial charge in [0.05, 0.1) is 9.92 Å². The molecule has 0 aromatic heterocycles. The Morgan fingerprint density at radius 3 is 2.81 bits per heavy atom. The third kappa shape index (κ3) is 4.10. The van der Waals surface area contributed by atoms with Crippen molar-refractivity contribution in [2.75, 3.05) is 19.6 Å². The molecule has 1 aromatic carbocycles. The van der Waals surface area contributed by atoms with Gasteiger partial charge in [0, 0.05) is 25.1 Å². The summed E-state index contributed by atoms with van der Waals surface area (Å²) in [6.45, 7) is 5.83. The molecule has 0 amide bonds. The van der Waals surface area contributed by atoms with Crippen LogP contribution in [-0.4, -0.2) is 34.2 Å². The molecule has 0 fully saturated rings. The van der Waals surface area contributed by atoms with E-state index in [0.29, 0.717) is 30.3 Å². The van der Waals surface area contributed by atoms with Crippen LogP contribution in [-0.2, 0) is 16.4 Å². The molecule has 1 atom stereocenters. The summed E-state index contributed by atoms with van der Waals surface area (Å²) in [5, 5.41) is 3.49. The highest BCUT2D eigenvalue weighted by Gasteiger charge is 2.25. The van der Waals surface area contributed by atoms with Crippen LogP contribution in [0.2, 0.25) is 5.02 Å². The molecule has 0 saturated heterocycles. The lowest BCUT2D eigenvalue weighted by atomic mass is 10.1. The summed E-state index contributed by atoms with van der Waals surface area (Å²) in [5.74, 6) is 0.604. The molecule has 1 aromatic rings. The van der Waals surface area contributed by atoms with Crippen LogP contribution in [0.15, 0.2) is 17.0 Å². The van der Waals surface area contributed by atoms with Crippen LogP contribution >= 0.6 is 11.6 Å². The van der Waals surface area contributed by atoms with E-state index in [2.05, 4.69) is 17.0 Å². The van der Waals surface area contributed by atoms with Gasteiger partial charge < -0.3 is 10.1 Å². The number of rotatable bonds is 7. The standard InChI is InChI=1S/C14H21ClN2O3S/c1-3-4-16-5-6-17-21(18,19)12-8-11-7-10(2)20-14(11)13(15)9-12/h8-10,16-17H,3-7H2,1-2H3. The van der Waals surface area contributed by atoms with Crippen LogP contribution < -0.4 is 14.8 Å². The molecule has 0 spiro atoms. The van der Waals surface area contributed by atoms with Crippen molar-refractivity contribution in [3.63, 3.8) is 0 Å². The van der Waals surface area contributed by atoms with Crippen molar-refractivity contribution < 1.29 is 13.2 Å². The van der Waals surface area contributed by atoms with Crippen molar-refractivity contribution in [1.29, 1.82) is 0 Å². The summed E-state index contributed by atoms with van der Waals surface area (Å²) in [6, 6.07) is 3.09. The predicted octanol–water partition coefficient (Wildman–Crippen LogP) is 1.94. The largest absolute Gasteiger partial charge is 0.489 e. The Balaban J connectivity index is 2.07. The van der Waals surface area contributed by atoms with E-state index in [-0.39, 0.29) is 11.0 Å². The first-order chi connectivity index (χ1) is 9.94. The summed E-state index contributed by atoms with van der Waals surface area (Å²) in [5.41, 5.74) is 0.847. The smallest absolute Gasteiger partial charge is 0.240 e. The normalized spacial score (nSPS) is 17.6. The fourth-order valence-corrected chi connectivity index (χ4v) is 3.73. The molecule has 118 valence electrons. The van der Waals surface area contributed by atoms with E-state index in [0.717, 1.165) is 18.5 Å². The van der Waals surface area contributed by atoms with Crippen LogP contribution in [0.5, 0.6) is 5.75 Å². The maximum absolute atomic E-state index is 12.3. The zero-order valence-corrected chi connectivity index (χ0v) is 13.9. The van der Waals surface area contributed by atoms with Gasteiger partial charge in [-0.15, -0.1) is 0 Å². The van der Waals surface area contributed by atoms with Gasteiger partial charge in [-0.25, -0.2) is 13.1 Å². The average Bonchev–Trinajstić information content (AvgIpc) is 2.79. The fraction of sp³-hybridized carbons (Fsp3) is 0.571. The Labute approximate surface area is 131 Å². The zero-order valence-electron chi connectivity index (χ0n) is 12.3. The SMILES string of the molecule is CCCNCCNS(=O)(=O)c1cc(Cl)c2c(c1)CC(C)O2. The first kappa shape index (κ1) is 16.5. The lowest BCUT2D eigenvalue weighted by Gasteiger charge is -2.10. The summed E-state index contributed by atoms with van der Waals surface area (Å²) >= 11 is 6.12. The molecule has 2 N–H and O–H groups in total. The molecule has 5 nitrogen and oxygen atoms in total. The quantitative estimate of drug-likeness (QED) is 0.749. The third-order valence-corrected chi connectivity index (χ3v) is 4.97. The van der Waals surface area contributed by atoms with Crippen molar-refractivity contribution in [2.24, 2.45) is 0 Å². The van der Waals surface area contributed by atoms with E-state index in [9.17, 15) is 8.42 Å². The number of nitrogens with one attached hydrogen (secondary N) is 2. The van der Waals surface area contributed by atoms with E-state index in [1.165, 1.54) is 6.07 Å².